The Kier molecular flexibility index (Phi) is 6.87. The van der Waals surface area contributed by atoms with Crippen LogP contribution in [-0.4, -0.2) is 32.7 Å². The van der Waals surface area contributed by atoms with Crippen molar-refractivity contribution in [3.8, 4) is 5.75 Å². The fourth-order valence-corrected chi connectivity index (χ4v) is 1.52. The van der Waals surface area contributed by atoms with E-state index in [2.05, 4.69) is 17.6 Å². The van der Waals surface area contributed by atoms with Crippen LogP contribution in [0, 0.1) is 0 Å². The summed E-state index contributed by atoms with van der Waals surface area (Å²) in [5, 5.41) is 5.92. The third-order valence-corrected chi connectivity index (χ3v) is 2.46. The van der Waals surface area contributed by atoms with Gasteiger partial charge < -0.3 is 15.4 Å². The van der Waals surface area contributed by atoms with Crippen LogP contribution >= 0.6 is 0 Å². The predicted molar refractivity (Wildman–Crippen MR) is 73.1 cm³/mol. The van der Waals surface area contributed by atoms with E-state index in [0.29, 0.717) is 18.7 Å². The van der Waals surface area contributed by atoms with Crippen molar-refractivity contribution in [3.05, 3.63) is 29.8 Å². The van der Waals surface area contributed by atoms with Crippen LogP contribution in [0.2, 0.25) is 0 Å². The topological polar surface area (TPSA) is 50.4 Å². The zero-order chi connectivity index (χ0) is 13.2. The number of ether oxygens (including phenoxy) is 1. The van der Waals surface area contributed by atoms with Gasteiger partial charge in [0.1, 0.15) is 5.75 Å². The zero-order valence-electron chi connectivity index (χ0n) is 11.2. The molecule has 0 aliphatic rings. The molecule has 0 atom stereocenters. The van der Waals surface area contributed by atoms with E-state index in [1.54, 1.807) is 12.1 Å². The summed E-state index contributed by atoms with van der Waals surface area (Å²) in [5.74, 6) is 0.702. The number of hydrogen-bond donors (Lipinski definition) is 2. The van der Waals surface area contributed by atoms with Crippen LogP contribution in [0.3, 0.4) is 0 Å². The standard InChI is InChI=1S/C14H22N2O2/c1-3-10-18-13-7-4-6-12(11-13)14(17)16-9-5-8-15-2/h4,6-7,11,15H,3,5,8-10H2,1-2H3,(H,16,17). The fourth-order valence-electron chi connectivity index (χ4n) is 1.52. The molecule has 1 aromatic rings. The van der Waals surface area contributed by atoms with E-state index in [4.69, 9.17) is 4.74 Å². The number of hydrogen-bond acceptors (Lipinski definition) is 3. The number of nitrogens with one attached hydrogen (secondary N) is 2. The van der Waals surface area contributed by atoms with Crippen LogP contribution in [0.5, 0.6) is 5.75 Å². The molecule has 0 bridgehead atoms. The van der Waals surface area contributed by atoms with Crippen molar-refractivity contribution in [1.82, 2.24) is 10.6 Å². The summed E-state index contributed by atoms with van der Waals surface area (Å²) in [5.41, 5.74) is 0.646. The molecule has 1 rings (SSSR count). The van der Waals surface area contributed by atoms with E-state index in [9.17, 15) is 4.79 Å². The molecule has 0 unspecified atom stereocenters. The van der Waals surface area contributed by atoms with Gasteiger partial charge in [-0.1, -0.05) is 13.0 Å². The minimum absolute atomic E-state index is 0.0481. The van der Waals surface area contributed by atoms with Gasteiger partial charge >= 0.3 is 0 Å². The van der Waals surface area contributed by atoms with Crippen LogP contribution in [0.25, 0.3) is 0 Å². The molecular weight excluding hydrogens is 228 g/mol. The number of carbonyl (C=O) groups excluding carboxylic acids is 1. The molecule has 18 heavy (non-hydrogen) atoms. The van der Waals surface area contributed by atoms with Crippen molar-refractivity contribution in [1.29, 1.82) is 0 Å². The van der Waals surface area contributed by atoms with Crippen molar-refractivity contribution in [3.63, 3.8) is 0 Å². The smallest absolute Gasteiger partial charge is 0.251 e. The van der Waals surface area contributed by atoms with Crippen LogP contribution in [0.1, 0.15) is 30.1 Å². The summed E-state index contributed by atoms with van der Waals surface area (Å²) < 4.78 is 5.50. The second-order valence-electron chi connectivity index (χ2n) is 4.09. The first-order valence-corrected chi connectivity index (χ1v) is 6.43. The van der Waals surface area contributed by atoms with Gasteiger partial charge in [-0.25, -0.2) is 0 Å². The highest BCUT2D eigenvalue weighted by atomic mass is 16.5. The van der Waals surface area contributed by atoms with E-state index in [1.807, 2.05) is 19.2 Å². The second-order valence-corrected chi connectivity index (χ2v) is 4.09. The van der Waals surface area contributed by atoms with Gasteiger partial charge in [0.05, 0.1) is 6.61 Å². The Morgan fingerprint density at radius 3 is 2.89 bits per heavy atom. The molecule has 0 aromatic heterocycles. The Morgan fingerprint density at radius 2 is 2.17 bits per heavy atom. The first-order chi connectivity index (χ1) is 8.77. The first-order valence-electron chi connectivity index (χ1n) is 6.43. The molecule has 0 heterocycles. The average molecular weight is 250 g/mol. The van der Waals surface area contributed by atoms with Gasteiger partial charge in [0.2, 0.25) is 0 Å². The Hall–Kier alpha value is -1.55. The van der Waals surface area contributed by atoms with Crippen molar-refractivity contribution in [2.45, 2.75) is 19.8 Å². The predicted octanol–water partition coefficient (Wildman–Crippen LogP) is 1.81. The number of amides is 1. The quantitative estimate of drug-likeness (QED) is 0.692. The summed E-state index contributed by atoms with van der Waals surface area (Å²) in [6.45, 7) is 4.31. The molecule has 0 radical (unpaired) electrons. The molecule has 0 spiro atoms. The minimum Gasteiger partial charge on any atom is -0.494 e. The maximum atomic E-state index is 11.8. The van der Waals surface area contributed by atoms with Crippen molar-refractivity contribution in [2.75, 3.05) is 26.7 Å². The fraction of sp³-hybridized carbons (Fsp3) is 0.500. The summed E-state index contributed by atoms with van der Waals surface area (Å²) in [6.07, 6.45) is 1.88. The molecule has 0 fully saturated rings. The number of rotatable bonds is 8. The highest BCUT2D eigenvalue weighted by Crippen LogP contribution is 2.13. The van der Waals surface area contributed by atoms with Gasteiger partial charge in [0.25, 0.3) is 5.91 Å². The highest BCUT2D eigenvalue weighted by Gasteiger charge is 2.05. The maximum absolute atomic E-state index is 11.8. The zero-order valence-corrected chi connectivity index (χ0v) is 11.2. The molecule has 100 valence electrons. The molecule has 0 aliphatic carbocycles. The molecule has 2 N–H and O–H groups in total. The Labute approximate surface area is 109 Å². The van der Waals surface area contributed by atoms with Crippen LogP contribution < -0.4 is 15.4 Å². The summed E-state index contributed by atoms with van der Waals surface area (Å²) in [4.78, 5) is 11.8. The Bertz CT molecular complexity index is 367. The van der Waals surface area contributed by atoms with E-state index >= 15 is 0 Å². The lowest BCUT2D eigenvalue weighted by Gasteiger charge is -2.08. The monoisotopic (exact) mass is 250 g/mol. The number of benzene rings is 1. The van der Waals surface area contributed by atoms with E-state index < -0.39 is 0 Å². The van der Waals surface area contributed by atoms with Crippen molar-refractivity contribution in [2.24, 2.45) is 0 Å². The SMILES string of the molecule is CCCOc1cccc(C(=O)NCCCNC)c1. The van der Waals surface area contributed by atoms with Crippen molar-refractivity contribution >= 4 is 5.91 Å². The molecule has 4 nitrogen and oxygen atoms in total. The van der Waals surface area contributed by atoms with Gasteiger partial charge in [0, 0.05) is 12.1 Å². The molecule has 0 saturated heterocycles. The molecular formula is C14H22N2O2. The molecule has 1 aromatic carbocycles. The van der Waals surface area contributed by atoms with Gasteiger partial charge in [-0.05, 0) is 44.6 Å². The maximum Gasteiger partial charge on any atom is 0.251 e. The highest BCUT2D eigenvalue weighted by molar-refractivity contribution is 5.94. The molecule has 0 saturated carbocycles. The summed E-state index contributed by atoms with van der Waals surface area (Å²) in [7, 11) is 1.90. The van der Waals surface area contributed by atoms with Crippen molar-refractivity contribution < 1.29 is 9.53 Å². The summed E-state index contributed by atoms with van der Waals surface area (Å²) >= 11 is 0. The minimum atomic E-state index is -0.0481. The van der Waals surface area contributed by atoms with Gasteiger partial charge in [-0.3, -0.25) is 4.79 Å². The first kappa shape index (κ1) is 14.5. The van der Waals surface area contributed by atoms with E-state index in [1.165, 1.54) is 0 Å². The second kappa shape index (κ2) is 8.53. The Balaban J connectivity index is 2.46. The largest absolute Gasteiger partial charge is 0.494 e. The molecule has 0 aliphatic heterocycles. The third-order valence-electron chi connectivity index (χ3n) is 2.46. The summed E-state index contributed by atoms with van der Waals surface area (Å²) in [6, 6.07) is 7.29. The third kappa shape index (κ3) is 5.19. The van der Waals surface area contributed by atoms with Gasteiger partial charge in [0.15, 0.2) is 0 Å². The van der Waals surface area contributed by atoms with E-state index in [-0.39, 0.29) is 5.91 Å². The number of carbonyl (C=O) groups is 1. The van der Waals surface area contributed by atoms with Crippen LogP contribution in [-0.2, 0) is 0 Å². The normalized spacial score (nSPS) is 10.1. The van der Waals surface area contributed by atoms with Crippen LogP contribution in [0.4, 0.5) is 0 Å². The lowest BCUT2D eigenvalue weighted by Crippen LogP contribution is -2.26. The van der Waals surface area contributed by atoms with Crippen LogP contribution in [0.15, 0.2) is 24.3 Å². The lowest BCUT2D eigenvalue weighted by atomic mass is 10.2. The average Bonchev–Trinajstić information content (AvgIpc) is 2.41. The molecule has 4 heteroatoms. The van der Waals surface area contributed by atoms with Gasteiger partial charge in [-0.15, -0.1) is 0 Å². The lowest BCUT2D eigenvalue weighted by molar-refractivity contribution is 0.0953. The molecule has 1 amide bonds. The van der Waals surface area contributed by atoms with E-state index in [0.717, 1.165) is 25.1 Å². The van der Waals surface area contributed by atoms with Gasteiger partial charge in [-0.2, -0.15) is 0 Å². The Morgan fingerprint density at radius 1 is 1.33 bits per heavy atom.